The van der Waals surface area contributed by atoms with E-state index >= 15 is 0 Å². The van der Waals surface area contributed by atoms with E-state index in [0.717, 1.165) is 10.0 Å². The standard InChI is InChI=1S/C13H17Br2NO/c1-8(2)12(15)13(17)16-9(3)10-6-4-5-7-11(10)14/h4-9,12H,1-3H3,(H,16,17). The van der Waals surface area contributed by atoms with Crippen LogP contribution in [0.3, 0.4) is 0 Å². The summed E-state index contributed by atoms with van der Waals surface area (Å²) in [5.41, 5.74) is 1.09. The van der Waals surface area contributed by atoms with Gasteiger partial charge in [0.15, 0.2) is 0 Å². The third-order valence-corrected chi connectivity index (χ3v) is 4.76. The molecule has 0 heterocycles. The van der Waals surface area contributed by atoms with Gasteiger partial charge in [-0.2, -0.15) is 0 Å². The molecule has 2 unspecified atom stereocenters. The number of nitrogens with one attached hydrogen (secondary N) is 1. The normalized spacial score (nSPS) is 14.5. The van der Waals surface area contributed by atoms with Crippen LogP contribution in [0.2, 0.25) is 0 Å². The van der Waals surface area contributed by atoms with Crippen molar-refractivity contribution in [2.75, 3.05) is 0 Å². The maximum absolute atomic E-state index is 11.9. The number of halogens is 2. The van der Waals surface area contributed by atoms with Gasteiger partial charge in [0.2, 0.25) is 5.91 Å². The number of hydrogen-bond acceptors (Lipinski definition) is 1. The second-order valence-electron chi connectivity index (χ2n) is 4.40. The summed E-state index contributed by atoms with van der Waals surface area (Å²) in [5.74, 6) is 0.310. The molecule has 17 heavy (non-hydrogen) atoms. The Balaban J connectivity index is 2.70. The van der Waals surface area contributed by atoms with Crippen molar-refractivity contribution in [3.63, 3.8) is 0 Å². The quantitative estimate of drug-likeness (QED) is 0.804. The Morgan fingerprint density at radius 1 is 1.24 bits per heavy atom. The molecule has 0 saturated carbocycles. The Morgan fingerprint density at radius 2 is 1.82 bits per heavy atom. The lowest BCUT2D eigenvalue weighted by Crippen LogP contribution is -2.35. The first-order chi connectivity index (χ1) is 7.93. The van der Waals surface area contributed by atoms with E-state index in [2.05, 4.69) is 37.2 Å². The minimum atomic E-state index is -0.146. The van der Waals surface area contributed by atoms with Crippen LogP contribution < -0.4 is 5.32 Å². The fourth-order valence-corrected chi connectivity index (χ4v) is 2.26. The molecular formula is C13H17Br2NO. The van der Waals surface area contributed by atoms with Gasteiger partial charge in [-0.3, -0.25) is 4.79 Å². The molecule has 0 aromatic heterocycles. The summed E-state index contributed by atoms with van der Waals surface area (Å²) < 4.78 is 1.02. The van der Waals surface area contributed by atoms with Crippen molar-refractivity contribution < 1.29 is 4.79 Å². The Bertz CT molecular complexity index is 393. The highest BCUT2D eigenvalue weighted by atomic mass is 79.9. The summed E-state index contributed by atoms with van der Waals surface area (Å²) in [6.07, 6.45) is 0. The van der Waals surface area contributed by atoms with Gasteiger partial charge in [-0.15, -0.1) is 0 Å². The number of hydrogen-bond donors (Lipinski definition) is 1. The van der Waals surface area contributed by atoms with Gasteiger partial charge in [-0.1, -0.05) is 63.9 Å². The number of amides is 1. The largest absolute Gasteiger partial charge is 0.349 e. The molecule has 94 valence electrons. The zero-order valence-corrected chi connectivity index (χ0v) is 13.4. The van der Waals surface area contributed by atoms with Crippen LogP contribution in [0.4, 0.5) is 0 Å². The monoisotopic (exact) mass is 361 g/mol. The molecule has 4 heteroatoms. The van der Waals surface area contributed by atoms with Gasteiger partial charge in [-0.25, -0.2) is 0 Å². The Morgan fingerprint density at radius 3 is 2.35 bits per heavy atom. The van der Waals surface area contributed by atoms with Crippen molar-refractivity contribution in [3.8, 4) is 0 Å². The molecule has 1 amide bonds. The maximum atomic E-state index is 11.9. The van der Waals surface area contributed by atoms with Gasteiger partial charge in [-0.05, 0) is 24.5 Å². The molecule has 0 radical (unpaired) electrons. The van der Waals surface area contributed by atoms with E-state index in [1.54, 1.807) is 0 Å². The zero-order chi connectivity index (χ0) is 13.0. The van der Waals surface area contributed by atoms with E-state index in [4.69, 9.17) is 0 Å². The van der Waals surface area contributed by atoms with Crippen LogP contribution in [0, 0.1) is 5.92 Å². The summed E-state index contributed by atoms with van der Waals surface area (Å²) in [4.78, 5) is 11.8. The molecule has 1 N–H and O–H groups in total. The van der Waals surface area contributed by atoms with Crippen LogP contribution in [0.25, 0.3) is 0 Å². The molecule has 1 rings (SSSR count). The minimum Gasteiger partial charge on any atom is -0.349 e. The lowest BCUT2D eigenvalue weighted by atomic mass is 10.1. The average molecular weight is 363 g/mol. The van der Waals surface area contributed by atoms with Crippen molar-refractivity contribution in [1.29, 1.82) is 0 Å². The molecule has 0 aliphatic heterocycles. The summed E-state index contributed by atoms with van der Waals surface area (Å²) in [6.45, 7) is 6.02. The third-order valence-electron chi connectivity index (χ3n) is 2.57. The first kappa shape index (κ1) is 14.7. The fourth-order valence-electron chi connectivity index (χ4n) is 1.50. The summed E-state index contributed by atoms with van der Waals surface area (Å²) >= 11 is 6.89. The van der Waals surface area contributed by atoms with Gasteiger partial charge < -0.3 is 5.32 Å². The van der Waals surface area contributed by atoms with E-state index < -0.39 is 0 Å². The predicted molar refractivity (Wildman–Crippen MR) is 78.3 cm³/mol. The molecule has 0 spiro atoms. The SMILES string of the molecule is CC(NC(=O)C(Br)C(C)C)c1ccccc1Br. The van der Waals surface area contributed by atoms with Crippen LogP contribution in [-0.4, -0.2) is 10.7 Å². The van der Waals surface area contributed by atoms with Crippen LogP contribution in [0.5, 0.6) is 0 Å². The highest BCUT2D eigenvalue weighted by Crippen LogP contribution is 2.23. The lowest BCUT2D eigenvalue weighted by Gasteiger charge is -2.19. The van der Waals surface area contributed by atoms with E-state index in [-0.39, 0.29) is 22.7 Å². The van der Waals surface area contributed by atoms with Gasteiger partial charge in [0.25, 0.3) is 0 Å². The molecule has 1 aromatic rings. The first-order valence-electron chi connectivity index (χ1n) is 5.62. The summed E-state index contributed by atoms with van der Waals surface area (Å²) in [7, 11) is 0. The number of benzene rings is 1. The van der Waals surface area contributed by atoms with E-state index in [9.17, 15) is 4.79 Å². The molecule has 0 aliphatic carbocycles. The summed E-state index contributed by atoms with van der Waals surface area (Å²) in [6, 6.07) is 7.91. The maximum Gasteiger partial charge on any atom is 0.234 e. The number of alkyl halides is 1. The topological polar surface area (TPSA) is 29.1 Å². The highest BCUT2D eigenvalue weighted by molar-refractivity contribution is 9.10. The smallest absolute Gasteiger partial charge is 0.234 e. The van der Waals surface area contributed by atoms with E-state index in [1.807, 2.05) is 45.0 Å². The van der Waals surface area contributed by atoms with Crippen LogP contribution >= 0.6 is 31.9 Å². The Labute approximate surface area is 119 Å². The van der Waals surface area contributed by atoms with Crippen molar-refractivity contribution >= 4 is 37.8 Å². The first-order valence-corrected chi connectivity index (χ1v) is 7.33. The molecule has 2 atom stereocenters. The molecule has 1 aromatic carbocycles. The van der Waals surface area contributed by atoms with Gasteiger partial charge in [0.05, 0.1) is 10.9 Å². The van der Waals surface area contributed by atoms with E-state index in [1.165, 1.54) is 0 Å². The number of carbonyl (C=O) groups is 1. The zero-order valence-electron chi connectivity index (χ0n) is 10.2. The van der Waals surface area contributed by atoms with Crippen molar-refractivity contribution in [2.24, 2.45) is 5.92 Å². The third kappa shape index (κ3) is 4.11. The van der Waals surface area contributed by atoms with Gasteiger partial charge in [0.1, 0.15) is 0 Å². The van der Waals surface area contributed by atoms with Crippen molar-refractivity contribution in [1.82, 2.24) is 5.32 Å². The van der Waals surface area contributed by atoms with Crippen LogP contribution in [0.1, 0.15) is 32.4 Å². The number of carbonyl (C=O) groups excluding carboxylic acids is 1. The predicted octanol–water partition coefficient (Wildman–Crippen LogP) is 4.05. The van der Waals surface area contributed by atoms with Gasteiger partial charge >= 0.3 is 0 Å². The second kappa shape index (κ2) is 6.55. The molecule has 0 bridgehead atoms. The van der Waals surface area contributed by atoms with Crippen LogP contribution in [0.15, 0.2) is 28.7 Å². The Kier molecular flexibility index (Phi) is 5.67. The fraction of sp³-hybridized carbons (Fsp3) is 0.462. The molecular weight excluding hydrogens is 346 g/mol. The van der Waals surface area contributed by atoms with E-state index in [0.29, 0.717) is 0 Å². The molecule has 2 nitrogen and oxygen atoms in total. The number of rotatable bonds is 4. The Hall–Kier alpha value is -0.350. The summed E-state index contributed by atoms with van der Waals surface area (Å²) in [5, 5.41) is 3.00. The van der Waals surface area contributed by atoms with Gasteiger partial charge in [0, 0.05) is 4.47 Å². The lowest BCUT2D eigenvalue weighted by molar-refractivity contribution is -0.121. The van der Waals surface area contributed by atoms with Crippen molar-refractivity contribution in [3.05, 3.63) is 34.3 Å². The average Bonchev–Trinajstić information content (AvgIpc) is 2.28. The second-order valence-corrected chi connectivity index (χ2v) is 6.24. The molecule has 0 saturated heterocycles. The minimum absolute atomic E-state index is 0.00289. The van der Waals surface area contributed by atoms with Crippen molar-refractivity contribution in [2.45, 2.75) is 31.6 Å². The highest BCUT2D eigenvalue weighted by Gasteiger charge is 2.21. The molecule has 0 aliphatic rings. The molecule has 0 fully saturated rings. The van der Waals surface area contributed by atoms with Crippen LogP contribution in [-0.2, 0) is 4.79 Å².